The Morgan fingerprint density at radius 2 is 2.08 bits per heavy atom. The highest BCUT2D eigenvalue weighted by molar-refractivity contribution is 5.26. The van der Waals surface area contributed by atoms with Crippen LogP contribution in [0.1, 0.15) is 17.6 Å². The second-order valence-electron chi connectivity index (χ2n) is 2.65. The lowest BCUT2D eigenvalue weighted by Gasteiger charge is -2.03. The number of hydrogen-bond acceptors (Lipinski definition) is 0. The number of benzene rings is 1. The van der Waals surface area contributed by atoms with Gasteiger partial charge in [-0.1, -0.05) is 18.2 Å². The van der Waals surface area contributed by atoms with Crippen LogP contribution in [0.15, 0.2) is 30.9 Å². The van der Waals surface area contributed by atoms with E-state index in [0.29, 0.717) is 12.0 Å². The van der Waals surface area contributed by atoms with Crippen LogP contribution in [-0.4, -0.2) is 0 Å². The Balaban J connectivity index is 2.98. The summed E-state index contributed by atoms with van der Waals surface area (Å²) in [5, 5.41) is 0. The molecule has 0 heterocycles. The van der Waals surface area contributed by atoms with Gasteiger partial charge in [0.15, 0.2) is 0 Å². The third-order valence-corrected chi connectivity index (χ3v) is 1.68. The van der Waals surface area contributed by atoms with E-state index in [9.17, 15) is 13.2 Å². The summed E-state index contributed by atoms with van der Waals surface area (Å²) >= 11 is 0. The minimum atomic E-state index is -2.75. The first-order chi connectivity index (χ1) is 6.15. The fraction of sp³-hybridized carbons (Fsp3) is 0.200. The van der Waals surface area contributed by atoms with E-state index < -0.39 is 17.8 Å². The maximum atomic E-state index is 12.9. The molecule has 0 unspecified atom stereocenters. The molecule has 0 radical (unpaired) electrons. The van der Waals surface area contributed by atoms with Gasteiger partial charge < -0.3 is 0 Å². The number of alkyl halides is 2. The van der Waals surface area contributed by atoms with E-state index in [1.54, 1.807) is 6.08 Å². The molecule has 1 aromatic rings. The normalized spacial score (nSPS) is 10.5. The van der Waals surface area contributed by atoms with E-state index in [4.69, 9.17) is 0 Å². The predicted molar refractivity (Wildman–Crippen MR) is 45.3 cm³/mol. The smallest absolute Gasteiger partial charge is 0.206 e. The topological polar surface area (TPSA) is 0 Å². The molecule has 0 amide bonds. The monoisotopic (exact) mass is 186 g/mol. The van der Waals surface area contributed by atoms with Gasteiger partial charge in [-0.2, -0.15) is 0 Å². The van der Waals surface area contributed by atoms with Gasteiger partial charge in [-0.05, 0) is 18.1 Å². The van der Waals surface area contributed by atoms with Crippen LogP contribution in [-0.2, 0) is 6.42 Å². The summed E-state index contributed by atoms with van der Waals surface area (Å²) in [6, 6.07) is 3.70. The second kappa shape index (κ2) is 4.12. The fourth-order valence-corrected chi connectivity index (χ4v) is 1.04. The molecule has 1 rings (SSSR count). The lowest BCUT2D eigenvalue weighted by molar-refractivity contribution is 0.146. The number of halogens is 3. The van der Waals surface area contributed by atoms with Crippen LogP contribution in [0.25, 0.3) is 0 Å². The van der Waals surface area contributed by atoms with Crippen molar-refractivity contribution >= 4 is 0 Å². The molecule has 0 saturated heterocycles. The molecule has 0 aliphatic rings. The Kier molecular flexibility index (Phi) is 3.12. The third kappa shape index (κ3) is 2.34. The molecule has 0 N–H and O–H groups in total. The van der Waals surface area contributed by atoms with Crippen molar-refractivity contribution in [3.8, 4) is 0 Å². The van der Waals surface area contributed by atoms with Gasteiger partial charge in [0.2, 0.25) is 0 Å². The van der Waals surface area contributed by atoms with Crippen LogP contribution in [0.4, 0.5) is 13.2 Å². The third-order valence-electron chi connectivity index (χ3n) is 1.68. The molecular formula is C10H9F3. The summed E-state index contributed by atoms with van der Waals surface area (Å²) in [6.45, 7) is 3.47. The van der Waals surface area contributed by atoms with Crippen molar-refractivity contribution in [3.05, 3.63) is 47.8 Å². The average molecular weight is 186 g/mol. The van der Waals surface area contributed by atoms with Gasteiger partial charge in [0, 0.05) is 0 Å². The molecule has 1 aromatic carbocycles. The van der Waals surface area contributed by atoms with E-state index in [1.165, 1.54) is 6.07 Å². The van der Waals surface area contributed by atoms with Crippen LogP contribution >= 0.6 is 0 Å². The van der Waals surface area contributed by atoms with Gasteiger partial charge in [-0.15, -0.1) is 6.58 Å². The summed E-state index contributed by atoms with van der Waals surface area (Å²) < 4.78 is 37.1. The van der Waals surface area contributed by atoms with Crippen molar-refractivity contribution in [2.45, 2.75) is 12.8 Å². The molecular weight excluding hydrogens is 177 g/mol. The summed E-state index contributed by atoms with van der Waals surface area (Å²) in [5.74, 6) is -0.852. The van der Waals surface area contributed by atoms with E-state index in [-0.39, 0.29) is 0 Å². The fourth-order valence-electron chi connectivity index (χ4n) is 1.04. The molecule has 3 heteroatoms. The van der Waals surface area contributed by atoms with Crippen LogP contribution in [0.3, 0.4) is 0 Å². The number of rotatable bonds is 3. The van der Waals surface area contributed by atoms with Crippen LogP contribution in [0.5, 0.6) is 0 Å². The van der Waals surface area contributed by atoms with Gasteiger partial charge in [0.25, 0.3) is 6.43 Å². The Morgan fingerprint density at radius 3 is 2.54 bits per heavy atom. The van der Waals surface area contributed by atoms with E-state index >= 15 is 0 Å². The quantitative estimate of drug-likeness (QED) is 0.634. The first-order valence-electron chi connectivity index (χ1n) is 3.82. The highest BCUT2D eigenvalue weighted by Crippen LogP contribution is 2.22. The van der Waals surface area contributed by atoms with Gasteiger partial charge in [0.1, 0.15) is 5.82 Å². The van der Waals surface area contributed by atoms with Crippen LogP contribution in [0.2, 0.25) is 0 Å². The first kappa shape index (κ1) is 9.84. The van der Waals surface area contributed by atoms with E-state index in [0.717, 1.165) is 12.1 Å². The number of hydrogen-bond donors (Lipinski definition) is 0. The average Bonchev–Trinajstić information content (AvgIpc) is 2.04. The molecule has 0 aromatic heterocycles. The minimum absolute atomic E-state index is 0.487. The molecule has 0 aliphatic heterocycles. The van der Waals surface area contributed by atoms with E-state index in [1.807, 2.05) is 0 Å². The van der Waals surface area contributed by atoms with Crippen molar-refractivity contribution in [2.75, 3.05) is 0 Å². The van der Waals surface area contributed by atoms with Crippen molar-refractivity contribution < 1.29 is 13.2 Å². The SMILES string of the molecule is C=CCc1ccc(C(F)F)c(F)c1. The first-order valence-corrected chi connectivity index (χ1v) is 3.82. The molecule has 13 heavy (non-hydrogen) atoms. The summed E-state index contributed by atoms with van der Waals surface area (Å²) in [7, 11) is 0. The molecule has 0 saturated carbocycles. The Hall–Kier alpha value is -1.25. The molecule has 0 aliphatic carbocycles. The molecule has 0 bridgehead atoms. The van der Waals surface area contributed by atoms with Gasteiger partial charge >= 0.3 is 0 Å². The summed E-state index contributed by atoms with van der Waals surface area (Å²) in [6.07, 6.45) is -0.671. The maximum absolute atomic E-state index is 12.9. The zero-order valence-electron chi connectivity index (χ0n) is 6.93. The molecule has 0 atom stereocenters. The van der Waals surface area contributed by atoms with Crippen LogP contribution < -0.4 is 0 Å². The highest BCUT2D eigenvalue weighted by Gasteiger charge is 2.12. The standard InChI is InChI=1S/C10H9F3/c1-2-3-7-4-5-8(10(12)13)9(11)6-7/h2,4-6,10H,1,3H2. The van der Waals surface area contributed by atoms with Crippen molar-refractivity contribution in [1.82, 2.24) is 0 Å². The summed E-state index contributed by atoms with van der Waals surface area (Å²) in [4.78, 5) is 0. The lowest BCUT2D eigenvalue weighted by atomic mass is 10.1. The molecule has 0 spiro atoms. The molecule has 0 nitrogen and oxygen atoms in total. The van der Waals surface area contributed by atoms with E-state index in [2.05, 4.69) is 6.58 Å². The largest absolute Gasteiger partial charge is 0.266 e. The zero-order valence-corrected chi connectivity index (χ0v) is 6.93. The van der Waals surface area contributed by atoms with Crippen LogP contribution in [0, 0.1) is 5.82 Å². The molecule has 0 fully saturated rings. The van der Waals surface area contributed by atoms with Crippen molar-refractivity contribution in [2.24, 2.45) is 0 Å². The number of allylic oxidation sites excluding steroid dienone is 1. The summed E-state index contributed by atoms with van der Waals surface area (Å²) in [5.41, 5.74) is 0.102. The van der Waals surface area contributed by atoms with Crippen molar-refractivity contribution in [3.63, 3.8) is 0 Å². The predicted octanol–water partition coefficient (Wildman–Crippen LogP) is 3.49. The second-order valence-corrected chi connectivity index (χ2v) is 2.65. The molecule has 70 valence electrons. The van der Waals surface area contributed by atoms with Gasteiger partial charge in [0.05, 0.1) is 5.56 Å². The Labute approximate surface area is 74.7 Å². The van der Waals surface area contributed by atoms with Crippen molar-refractivity contribution in [1.29, 1.82) is 0 Å². The van der Waals surface area contributed by atoms with Gasteiger partial charge in [-0.3, -0.25) is 0 Å². The Morgan fingerprint density at radius 1 is 1.38 bits per heavy atom. The zero-order chi connectivity index (χ0) is 9.84. The Bertz CT molecular complexity index is 305. The van der Waals surface area contributed by atoms with Gasteiger partial charge in [-0.25, -0.2) is 13.2 Å². The highest BCUT2D eigenvalue weighted by atomic mass is 19.3. The lowest BCUT2D eigenvalue weighted by Crippen LogP contribution is -1.92. The minimum Gasteiger partial charge on any atom is -0.206 e. The maximum Gasteiger partial charge on any atom is 0.266 e.